The zero-order valence-corrected chi connectivity index (χ0v) is 15.4. The van der Waals surface area contributed by atoms with Crippen molar-refractivity contribution in [2.45, 2.75) is 25.3 Å². The minimum absolute atomic E-state index is 0.190. The van der Waals surface area contributed by atoms with E-state index in [1.165, 1.54) is 4.90 Å². The molecule has 0 radical (unpaired) electrons. The summed E-state index contributed by atoms with van der Waals surface area (Å²) in [5.74, 6) is -0.179. The molecule has 2 aliphatic heterocycles. The van der Waals surface area contributed by atoms with Crippen molar-refractivity contribution in [3.63, 3.8) is 0 Å². The van der Waals surface area contributed by atoms with Crippen LogP contribution in [0.25, 0.3) is 0 Å². The van der Waals surface area contributed by atoms with Crippen molar-refractivity contribution in [3.05, 3.63) is 65.2 Å². The van der Waals surface area contributed by atoms with E-state index in [4.69, 9.17) is 9.47 Å². The molecular formula is C22H21NO5. The molecule has 1 fully saturated rings. The number of hydrogen-bond donors (Lipinski definition) is 0. The van der Waals surface area contributed by atoms with Crippen LogP contribution in [0.15, 0.2) is 48.5 Å². The minimum atomic E-state index is -0.645. The summed E-state index contributed by atoms with van der Waals surface area (Å²) in [4.78, 5) is 39.1. The van der Waals surface area contributed by atoms with Gasteiger partial charge >= 0.3 is 5.97 Å². The number of likely N-dealkylation sites (tertiary alicyclic amines) is 1. The molecule has 0 saturated carbocycles. The summed E-state index contributed by atoms with van der Waals surface area (Å²) in [6.07, 6.45) is 2.05. The lowest BCUT2D eigenvalue weighted by atomic mass is 10.1. The van der Waals surface area contributed by atoms with Crippen molar-refractivity contribution < 1.29 is 23.9 Å². The van der Waals surface area contributed by atoms with E-state index in [0.29, 0.717) is 30.7 Å². The fourth-order valence-corrected chi connectivity index (χ4v) is 3.68. The van der Waals surface area contributed by atoms with Crippen LogP contribution in [0, 0.1) is 0 Å². The average molecular weight is 379 g/mol. The number of Topliss-reactive ketones (excluding diaryl/α,β-unsaturated/α-hetero) is 1. The van der Waals surface area contributed by atoms with Gasteiger partial charge in [-0.25, -0.2) is 4.79 Å². The first-order valence-corrected chi connectivity index (χ1v) is 9.45. The number of amides is 1. The van der Waals surface area contributed by atoms with Crippen LogP contribution in [0.3, 0.4) is 0 Å². The van der Waals surface area contributed by atoms with Crippen LogP contribution in [-0.4, -0.2) is 48.4 Å². The number of esters is 1. The number of ether oxygens (including phenoxy) is 2. The molecule has 0 aliphatic carbocycles. The first-order chi connectivity index (χ1) is 13.6. The molecule has 1 amide bonds. The molecule has 2 aromatic carbocycles. The van der Waals surface area contributed by atoms with Crippen molar-refractivity contribution in [3.8, 4) is 5.75 Å². The fourth-order valence-electron chi connectivity index (χ4n) is 3.68. The Bertz CT molecular complexity index is 908. The van der Waals surface area contributed by atoms with Gasteiger partial charge in [-0.3, -0.25) is 9.59 Å². The molecule has 1 saturated heterocycles. The number of nitrogens with zero attached hydrogens (tertiary/aromatic N) is 1. The first kappa shape index (κ1) is 18.2. The molecule has 2 heterocycles. The summed E-state index contributed by atoms with van der Waals surface area (Å²) in [6.45, 7) is 0.795. The molecule has 6 nitrogen and oxygen atoms in total. The third-order valence-corrected chi connectivity index (χ3v) is 5.16. The Morgan fingerprint density at radius 3 is 2.71 bits per heavy atom. The quantitative estimate of drug-likeness (QED) is 0.590. The molecule has 0 N–H and O–H groups in total. The van der Waals surface area contributed by atoms with Gasteiger partial charge in [0.2, 0.25) is 0 Å². The Morgan fingerprint density at radius 2 is 1.89 bits per heavy atom. The Hall–Kier alpha value is -3.15. The molecule has 0 aromatic heterocycles. The summed E-state index contributed by atoms with van der Waals surface area (Å²) < 4.78 is 10.7. The highest BCUT2D eigenvalue weighted by molar-refractivity contribution is 5.99. The maximum absolute atomic E-state index is 12.7. The Kier molecular flexibility index (Phi) is 5.10. The van der Waals surface area contributed by atoms with Gasteiger partial charge in [0.15, 0.2) is 12.4 Å². The van der Waals surface area contributed by atoms with E-state index >= 15 is 0 Å². The smallest absolute Gasteiger partial charge is 0.329 e. The number of benzene rings is 2. The molecule has 144 valence electrons. The maximum Gasteiger partial charge on any atom is 0.329 e. The summed E-state index contributed by atoms with van der Waals surface area (Å²) in [7, 11) is 0. The van der Waals surface area contributed by atoms with Crippen molar-refractivity contribution >= 4 is 17.7 Å². The minimum Gasteiger partial charge on any atom is -0.493 e. The second-order valence-corrected chi connectivity index (χ2v) is 6.97. The predicted octanol–water partition coefficient (Wildman–Crippen LogP) is 2.65. The molecule has 2 aromatic rings. The predicted molar refractivity (Wildman–Crippen MR) is 101 cm³/mol. The van der Waals surface area contributed by atoms with Gasteiger partial charge in [-0.15, -0.1) is 0 Å². The topological polar surface area (TPSA) is 72.9 Å². The lowest BCUT2D eigenvalue weighted by Gasteiger charge is -2.23. The normalized spacial score (nSPS) is 17.7. The molecular weight excluding hydrogens is 358 g/mol. The van der Waals surface area contributed by atoms with Gasteiger partial charge in [-0.1, -0.05) is 18.2 Å². The van der Waals surface area contributed by atoms with E-state index in [9.17, 15) is 14.4 Å². The van der Waals surface area contributed by atoms with E-state index in [0.717, 1.165) is 24.2 Å². The Balaban J connectivity index is 1.37. The van der Waals surface area contributed by atoms with Gasteiger partial charge in [0, 0.05) is 24.1 Å². The molecule has 0 unspecified atom stereocenters. The standard InChI is InChI=1S/C22H21NO5/c24-19(16-8-9-20-17(13-16)10-12-27-20)14-28-22(26)18-7-4-11-23(18)21(25)15-5-2-1-3-6-15/h1-3,5-6,8-9,13,18H,4,7,10-12,14H2/t18-/m1/s1. The molecule has 4 rings (SSSR count). The van der Waals surface area contributed by atoms with E-state index in [1.807, 2.05) is 6.07 Å². The van der Waals surface area contributed by atoms with E-state index < -0.39 is 12.0 Å². The van der Waals surface area contributed by atoms with Gasteiger partial charge < -0.3 is 14.4 Å². The first-order valence-electron chi connectivity index (χ1n) is 9.45. The van der Waals surface area contributed by atoms with Crippen LogP contribution in [0.5, 0.6) is 5.75 Å². The van der Waals surface area contributed by atoms with E-state index in [-0.39, 0.29) is 18.3 Å². The van der Waals surface area contributed by atoms with Crippen molar-refractivity contribution in [1.82, 2.24) is 4.90 Å². The van der Waals surface area contributed by atoms with Crippen molar-refractivity contribution in [2.75, 3.05) is 19.8 Å². The molecule has 2 aliphatic rings. The lowest BCUT2D eigenvalue weighted by Crippen LogP contribution is -2.41. The summed E-state index contributed by atoms with van der Waals surface area (Å²) in [5, 5.41) is 0. The Labute approximate surface area is 163 Å². The number of hydrogen-bond acceptors (Lipinski definition) is 5. The highest BCUT2D eigenvalue weighted by atomic mass is 16.5. The number of ketones is 1. The molecule has 0 bridgehead atoms. The van der Waals surface area contributed by atoms with Crippen LogP contribution in [0.2, 0.25) is 0 Å². The van der Waals surface area contributed by atoms with Gasteiger partial charge in [-0.2, -0.15) is 0 Å². The SMILES string of the molecule is O=C(COC(=O)[C@H]1CCCN1C(=O)c1ccccc1)c1ccc2c(c1)CCO2. The second kappa shape index (κ2) is 7.84. The monoisotopic (exact) mass is 379 g/mol. The van der Waals surface area contributed by atoms with Crippen LogP contribution in [-0.2, 0) is 16.0 Å². The highest BCUT2D eigenvalue weighted by Gasteiger charge is 2.36. The Morgan fingerprint density at radius 1 is 1.07 bits per heavy atom. The van der Waals surface area contributed by atoms with Crippen molar-refractivity contribution in [2.24, 2.45) is 0 Å². The van der Waals surface area contributed by atoms with Crippen molar-refractivity contribution in [1.29, 1.82) is 0 Å². The summed E-state index contributed by atoms with van der Waals surface area (Å²) in [5.41, 5.74) is 2.03. The zero-order valence-electron chi connectivity index (χ0n) is 15.4. The summed E-state index contributed by atoms with van der Waals surface area (Å²) >= 11 is 0. The van der Waals surface area contributed by atoms with Gasteiger partial charge in [-0.05, 0) is 48.7 Å². The lowest BCUT2D eigenvalue weighted by molar-refractivity contribution is -0.147. The molecule has 0 spiro atoms. The van der Waals surface area contributed by atoms with Gasteiger partial charge in [0.05, 0.1) is 6.61 Å². The third kappa shape index (κ3) is 3.63. The molecule has 28 heavy (non-hydrogen) atoms. The maximum atomic E-state index is 12.7. The number of carbonyl (C=O) groups is 3. The third-order valence-electron chi connectivity index (χ3n) is 5.16. The molecule has 6 heteroatoms. The number of carbonyl (C=O) groups excluding carboxylic acids is 3. The average Bonchev–Trinajstić information content (AvgIpc) is 3.40. The second-order valence-electron chi connectivity index (χ2n) is 6.97. The number of fused-ring (bicyclic) bond motifs is 1. The highest BCUT2D eigenvalue weighted by Crippen LogP contribution is 2.26. The molecule has 1 atom stereocenters. The largest absolute Gasteiger partial charge is 0.493 e. The van der Waals surface area contributed by atoms with E-state index in [2.05, 4.69) is 0 Å². The number of rotatable bonds is 5. The van der Waals surface area contributed by atoms with E-state index in [1.54, 1.807) is 42.5 Å². The summed E-state index contributed by atoms with van der Waals surface area (Å²) in [6, 6.07) is 13.5. The van der Waals surface area contributed by atoms with Crippen LogP contribution in [0.1, 0.15) is 39.1 Å². The van der Waals surface area contributed by atoms with Crippen LogP contribution >= 0.6 is 0 Å². The van der Waals surface area contributed by atoms with Crippen LogP contribution < -0.4 is 4.74 Å². The zero-order chi connectivity index (χ0) is 19.5. The fraction of sp³-hybridized carbons (Fsp3) is 0.318. The van der Waals surface area contributed by atoms with Gasteiger partial charge in [0.1, 0.15) is 11.8 Å². The van der Waals surface area contributed by atoms with Crippen LogP contribution in [0.4, 0.5) is 0 Å². The van der Waals surface area contributed by atoms with Gasteiger partial charge in [0.25, 0.3) is 5.91 Å².